The van der Waals surface area contributed by atoms with Crippen LogP contribution in [0.5, 0.6) is 17.2 Å². The molecule has 0 saturated heterocycles. The number of hydrogen-bond acceptors (Lipinski definition) is 13. The minimum Gasteiger partial charge on any atom is -0.497 e. The Labute approximate surface area is 291 Å². The van der Waals surface area contributed by atoms with E-state index in [1.165, 1.54) is 74.8 Å². The zero-order chi connectivity index (χ0) is 36.8. The molecule has 1 heterocycles. The highest BCUT2D eigenvalue weighted by Crippen LogP contribution is 2.67. The van der Waals surface area contributed by atoms with E-state index in [0.29, 0.717) is 22.8 Å². The molecule has 51 heavy (non-hydrogen) atoms. The smallest absolute Gasteiger partial charge is 0.336 e. The molecule has 1 aliphatic heterocycles. The SMILES string of the molecule is COC(=O)C1=C2C(=C(C(=O)c3ccc(OC)cc3)C3(C(=O)c4ccccc4C3=O)C2(C#N)C#N)N(Cc2cc(OC)cc(OC)c2)C1C(=O)OC. The van der Waals surface area contributed by atoms with Gasteiger partial charge in [-0.25, -0.2) is 9.59 Å². The van der Waals surface area contributed by atoms with Gasteiger partial charge in [0.1, 0.15) is 17.2 Å². The summed E-state index contributed by atoms with van der Waals surface area (Å²) in [5.41, 5.74) is -7.37. The van der Waals surface area contributed by atoms with Crippen LogP contribution in [0.2, 0.25) is 0 Å². The van der Waals surface area contributed by atoms with E-state index in [9.17, 15) is 29.7 Å². The Morgan fingerprint density at radius 3 is 1.78 bits per heavy atom. The maximum atomic E-state index is 15.1. The lowest BCUT2D eigenvalue weighted by Gasteiger charge is -2.34. The summed E-state index contributed by atoms with van der Waals surface area (Å²) in [6.45, 7) is -0.301. The van der Waals surface area contributed by atoms with Crippen molar-refractivity contribution in [3.8, 4) is 29.4 Å². The van der Waals surface area contributed by atoms with Gasteiger partial charge < -0.3 is 28.6 Å². The summed E-state index contributed by atoms with van der Waals surface area (Å²) in [4.78, 5) is 73.7. The molecular weight excluding hydrogens is 658 g/mol. The molecule has 0 radical (unpaired) electrons. The topological polar surface area (TPSA) is 182 Å². The molecule has 3 aliphatic rings. The van der Waals surface area contributed by atoms with Crippen LogP contribution in [-0.2, 0) is 25.6 Å². The summed E-state index contributed by atoms with van der Waals surface area (Å²) >= 11 is 0. The van der Waals surface area contributed by atoms with Crippen molar-refractivity contribution in [2.75, 3.05) is 35.5 Å². The van der Waals surface area contributed by atoms with Gasteiger partial charge in [-0.05, 0) is 42.0 Å². The summed E-state index contributed by atoms with van der Waals surface area (Å²) in [5.74, 6) is -3.95. The fraction of sp³-hybridized carbons (Fsp3) is 0.237. The number of ketones is 3. The van der Waals surface area contributed by atoms with Gasteiger partial charge in [0.25, 0.3) is 0 Å². The fourth-order valence-electron chi connectivity index (χ4n) is 7.32. The van der Waals surface area contributed by atoms with Crippen LogP contribution in [0.4, 0.5) is 0 Å². The molecule has 0 N–H and O–H groups in total. The van der Waals surface area contributed by atoms with Crippen LogP contribution in [0.3, 0.4) is 0 Å². The summed E-state index contributed by atoms with van der Waals surface area (Å²) in [6, 6.07) is 18.4. The van der Waals surface area contributed by atoms with Crippen molar-refractivity contribution in [1.29, 1.82) is 10.5 Å². The minimum absolute atomic E-state index is 0.0376. The van der Waals surface area contributed by atoms with Gasteiger partial charge in [0.15, 0.2) is 34.2 Å². The van der Waals surface area contributed by atoms with Crippen LogP contribution in [-0.4, -0.2) is 75.8 Å². The molecule has 13 heteroatoms. The van der Waals surface area contributed by atoms with Crippen LogP contribution < -0.4 is 14.2 Å². The Bertz CT molecular complexity index is 2130. The fourth-order valence-corrected chi connectivity index (χ4v) is 7.32. The number of esters is 2. The second-order valence-electron chi connectivity index (χ2n) is 11.8. The van der Waals surface area contributed by atoms with E-state index in [0.717, 1.165) is 14.2 Å². The van der Waals surface area contributed by atoms with Gasteiger partial charge in [-0.15, -0.1) is 0 Å². The zero-order valence-corrected chi connectivity index (χ0v) is 28.1. The number of carbonyl (C=O) groups is 5. The molecule has 3 aromatic carbocycles. The normalized spacial score (nSPS) is 17.8. The predicted octanol–water partition coefficient (Wildman–Crippen LogP) is 3.79. The number of allylic oxidation sites excluding steroid dienone is 2. The third-order valence-corrected chi connectivity index (χ3v) is 9.53. The Hall–Kier alpha value is -6.73. The monoisotopic (exact) mass is 687 g/mol. The van der Waals surface area contributed by atoms with E-state index in [2.05, 4.69) is 0 Å². The number of fused-ring (bicyclic) bond motifs is 2. The van der Waals surface area contributed by atoms with Crippen LogP contribution in [0.15, 0.2) is 89.1 Å². The van der Waals surface area contributed by atoms with Crippen LogP contribution in [0.1, 0.15) is 36.6 Å². The molecule has 1 unspecified atom stereocenters. The van der Waals surface area contributed by atoms with Crippen molar-refractivity contribution >= 4 is 29.3 Å². The molecule has 1 spiro atoms. The van der Waals surface area contributed by atoms with Gasteiger partial charge in [0, 0.05) is 40.4 Å². The average Bonchev–Trinajstić information content (AvgIpc) is 3.72. The maximum absolute atomic E-state index is 15.1. The van der Waals surface area contributed by atoms with Gasteiger partial charge in [0.05, 0.1) is 59.0 Å². The summed E-state index contributed by atoms with van der Waals surface area (Å²) < 4.78 is 26.4. The average molecular weight is 688 g/mol. The van der Waals surface area contributed by atoms with Gasteiger partial charge in [-0.1, -0.05) is 24.3 Å². The quantitative estimate of drug-likeness (QED) is 0.180. The first-order chi connectivity index (χ1) is 24.5. The highest BCUT2D eigenvalue weighted by Gasteiger charge is 2.78. The first-order valence-electron chi connectivity index (χ1n) is 15.4. The van der Waals surface area contributed by atoms with Gasteiger partial charge in [-0.3, -0.25) is 14.4 Å². The van der Waals surface area contributed by atoms with Crippen molar-refractivity contribution in [2.24, 2.45) is 10.8 Å². The van der Waals surface area contributed by atoms with E-state index < -0.39 is 62.9 Å². The van der Waals surface area contributed by atoms with Crippen LogP contribution >= 0.6 is 0 Å². The molecule has 256 valence electrons. The summed E-state index contributed by atoms with van der Waals surface area (Å²) in [7, 11) is 6.39. The molecular formula is C38H29N3O10. The largest absolute Gasteiger partial charge is 0.497 e. The van der Waals surface area contributed by atoms with Crippen molar-refractivity contribution in [2.45, 2.75) is 12.6 Å². The predicted molar refractivity (Wildman–Crippen MR) is 175 cm³/mol. The number of ether oxygens (including phenoxy) is 5. The molecule has 6 rings (SSSR count). The second-order valence-corrected chi connectivity index (χ2v) is 11.8. The summed E-state index contributed by atoms with van der Waals surface area (Å²) in [5, 5.41) is 22.2. The highest BCUT2D eigenvalue weighted by atomic mass is 16.5. The highest BCUT2D eigenvalue weighted by molar-refractivity contribution is 6.38. The molecule has 0 saturated carbocycles. The van der Waals surface area contributed by atoms with E-state index in [1.807, 2.05) is 12.1 Å². The number of methoxy groups -OCH3 is 5. The van der Waals surface area contributed by atoms with Crippen molar-refractivity contribution in [3.05, 3.63) is 111 Å². The molecule has 3 aromatic rings. The summed E-state index contributed by atoms with van der Waals surface area (Å²) in [6.07, 6.45) is 0. The minimum atomic E-state index is -2.84. The third kappa shape index (κ3) is 4.55. The number of benzene rings is 3. The van der Waals surface area contributed by atoms with E-state index in [4.69, 9.17) is 23.7 Å². The lowest BCUT2D eigenvalue weighted by molar-refractivity contribution is -0.147. The molecule has 0 fully saturated rings. The lowest BCUT2D eigenvalue weighted by Crippen LogP contribution is -2.50. The number of carbonyl (C=O) groups excluding carboxylic acids is 5. The number of rotatable bonds is 9. The van der Waals surface area contributed by atoms with Crippen LogP contribution in [0.25, 0.3) is 0 Å². The molecule has 0 amide bonds. The number of nitrogens with zero attached hydrogens (tertiary/aromatic N) is 3. The Morgan fingerprint density at radius 1 is 0.765 bits per heavy atom. The molecule has 2 aliphatic carbocycles. The maximum Gasteiger partial charge on any atom is 0.336 e. The standard InChI is InChI=1S/C38H29N3O10/c1-47-22-12-10-21(11-13-22)32(42)29-31-28(37(18-39,19-40)38(29)33(43)25-8-6-7-9-26(25)34(38)44)27(35(45)50-4)30(36(46)51-5)41(31)17-20-14-23(48-2)16-24(15-20)49-3/h6-16,30H,17H2,1-5H3. The lowest BCUT2D eigenvalue weighted by atomic mass is 9.58. The van der Waals surface area contributed by atoms with Gasteiger partial charge in [-0.2, -0.15) is 10.5 Å². The van der Waals surface area contributed by atoms with Gasteiger partial charge in [0.2, 0.25) is 0 Å². The van der Waals surface area contributed by atoms with Crippen molar-refractivity contribution < 1.29 is 47.7 Å². The number of Topliss-reactive ketones (excluding diaryl/α,β-unsaturated/α-hetero) is 3. The Morgan fingerprint density at radius 2 is 1.31 bits per heavy atom. The first kappa shape index (κ1) is 34.1. The van der Waals surface area contributed by atoms with Gasteiger partial charge >= 0.3 is 11.9 Å². The second kappa shape index (κ2) is 12.6. The molecule has 0 bridgehead atoms. The Balaban J connectivity index is 1.80. The van der Waals surface area contributed by atoms with E-state index in [1.54, 1.807) is 18.2 Å². The number of nitriles is 2. The zero-order valence-electron chi connectivity index (χ0n) is 28.1. The molecule has 0 aromatic heterocycles. The van der Waals surface area contributed by atoms with E-state index >= 15 is 4.79 Å². The molecule has 1 atom stereocenters. The van der Waals surface area contributed by atoms with E-state index in [-0.39, 0.29) is 28.9 Å². The Kier molecular flexibility index (Phi) is 8.45. The van der Waals surface area contributed by atoms with Crippen molar-refractivity contribution in [1.82, 2.24) is 4.90 Å². The van der Waals surface area contributed by atoms with Crippen molar-refractivity contribution in [3.63, 3.8) is 0 Å². The first-order valence-corrected chi connectivity index (χ1v) is 15.4. The van der Waals surface area contributed by atoms with Crippen LogP contribution in [0, 0.1) is 33.5 Å². The third-order valence-electron chi connectivity index (χ3n) is 9.53. The molecule has 13 nitrogen and oxygen atoms in total. The number of hydrogen-bond donors (Lipinski definition) is 0.